The van der Waals surface area contributed by atoms with Crippen LogP contribution in [0.3, 0.4) is 0 Å². The first-order valence-corrected chi connectivity index (χ1v) is 12.2. The van der Waals surface area contributed by atoms with Gasteiger partial charge in [0.15, 0.2) is 0 Å². The Hall–Kier alpha value is -2.86. The number of benzene rings is 2. The summed E-state index contributed by atoms with van der Waals surface area (Å²) < 4.78 is 0. The first-order valence-electron chi connectivity index (χ1n) is 11.6. The quantitative estimate of drug-likeness (QED) is 0.628. The number of amides is 3. The summed E-state index contributed by atoms with van der Waals surface area (Å²) in [6.45, 7) is 2.47. The fraction of sp³-hybridized carbons (Fsp3) is 0.423. The van der Waals surface area contributed by atoms with Crippen LogP contribution in [-0.2, 0) is 9.59 Å². The van der Waals surface area contributed by atoms with Gasteiger partial charge < -0.3 is 14.7 Å². The van der Waals surface area contributed by atoms with Gasteiger partial charge in [-0.2, -0.15) is 0 Å². The third-order valence-electron chi connectivity index (χ3n) is 6.71. The van der Waals surface area contributed by atoms with Crippen molar-refractivity contribution in [2.24, 2.45) is 5.92 Å². The molecule has 2 aliphatic rings. The lowest BCUT2D eigenvalue weighted by molar-refractivity contribution is -0.138. The molecule has 4 rings (SSSR count). The maximum atomic E-state index is 13.2. The molecule has 174 valence electrons. The lowest BCUT2D eigenvalue weighted by atomic mass is 9.93. The molecule has 6 nitrogen and oxygen atoms in total. The van der Waals surface area contributed by atoms with Crippen molar-refractivity contribution in [1.82, 2.24) is 9.80 Å². The molecule has 2 aromatic carbocycles. The molecule has 0 aromatic heterocycles. The number of hydrogen-bond acceptors (Lipinski definition) is 3. The Morgan fingerprint density at radius 1 is 0.788 bits per heavy atom. The third kappa shape index (κ3) is 5.38. The van der Waals surface area contributed by atoms with Gasteiger partial charge in [-0.3, -0.25) is 14.4 Å². The van der Waals surface area contributed by atoms with E-state index >= 15 is 0 Å². The maximum Gasteiger partial charge on any atom is 0.253 e. The predicted molar refractivity (Wildman–Crippen MR) is 129 cm³/mol. The lowest BCUT2D eigenvalue weighted by Gasteiger charge is -2.40. The van der Waals surface area contributed by atoms with Crippen molar-refractivity contribution in [3.8, 4) is 0 Å². The van der Waals surface area contributed by atoms with E-state index in [4.69, 9.17) is 11.6 Å². The van der Waals surface area contributed by atoms with Gasteiger partial charge in [0.2, 0.25) is 11.8 Å². The van der Waals surface area contributed by atoms with Crippen LogP contribution in [0.2, 0.25) is 0 Å². The van der Waals surface area contributed by atoms with Crippen molar-refractivity contribution < 1.29 is 14.4 Å². The van der Waals surface area contributed by atoms with Crippen molar-refractivity contribution in [2.75, 3.05) is 37.0 Å². The highest BCUT2D eigenvalue weighted by Gasteiger charge is 2.34. The van der Waals surface area contributed by atoms with Gasteiger partial charge in [-0.1, -0.05) is 36.4 Å². The standard InChI is InChI=1S/C26H30ClN3O3/c27-19-24(31)30(22-9-5-2-6-10-22)23-13-17-29(18-14-23)26(33)21-11-15-28(16-12-21)25(32)20-7-3-1-4-8-20/h1-10,21,23H,11-19H2. The number of anilines is 1. The number of rotatable bonds is 5. The average molecular weight is 468 g/mol. The van der Waals surface area contributed by atoms with Crippen molar-refractivity contribution in [3.63, 3.8) is 0 Å². The molecular weight excluding hydrogens is 438 g/mol. The largest absolute Gasteiger partial charge is 0.342 e. The number of likely N-dealkylation sites (tertiary alicyclic amines) is 2. The second-order valence-electron chi connectivity index (χ2n) is 8.72. The van der Waals surface area contributed by atoms with E-state index in [1.807, 2.05) is 70.5 Å². The van der Waals surface area contributed by atoms with Gasteiger partial charge in [0.1, 0.15) is 5.88 Å². The van der Waals surface area contributed by atoms with Gasteiger partial charge in [-0.05, 0) is 49.9 Å². The highest BCUT2D eigenvalue weighted by Crippen LogP contribution is 2.27. The zero-order chi connectivity index (χ0) is 23.2. The van der Waals surface area contributed by atoms with E-state index < -0.39 is 0 Å². The zero-order valence-corrected chi connectivity index (χ0v) is 19.5. The van der Waals surface area contributed by atoms with Crippen LogP contribution >= 0.6 is 11.6 Å². The van der Waals surface area contributed by atoms with Gasteiger partial charge in [-0.25, -0.2) is 0 Å². The van der Waals surface area contributed by atoms with E-state index in [0.29, 0.717) is 44.6 Å². The molecule has 0 spiro atoms. The number of carbonyl (C=O) groups is 3. The van der Waals surface area contributed by atoms with Crippen molar-refractivity contribution in [1.29, 1.82) is 0 Å². The highest BCUT2D eigenvalue weighted by atomic mass is 35.5. The molecule has 2 aromatic rings. The maximum absolute atomic E-state index is 13.2. The van der Waals surface area contributed by atoms with Crippen LogP contribution in [0.25, 0.3) is 0 Å². The minimum absolute atomic E-state index is 0.0345. The molecule has 0 unspecified atom stereocenters. The SMILES string of the molecule is O=C(c1ccccc1)N1CCC(C(=O)N2CCC(N(C(=O)CCl)c3ccccc3)CC2)CC1. The van der Waals surface area contributed by atoms with Gasteiger partial charge in [0.25, 0.3) is 5.91 Å². The van der Waals surface area contributed by atoms with Crippen LogP contribution in [0, 0.1) is 5.92 Å². The van der Waals surface area contributed by atoms with Gasteiger partial charge in [0.05, 0.1) is 0 Å². The predicted octanol–water partition coefficient (Wildman–Crippen LogP) is 3.80. The second-order valence-corrected chi connectivity index (χ2v) is 8.99. The van der Waals surface area contributed by atoms with E-state index in [0.717, 1.165) is 18.5 Å². The van der Waals surface area contributed by atoms with Crippen LogP contribution in [0.4, 0.5) is 5.69 Å². The van der Waals surface area contributed by atoms with Crippen LogP contribution in [0.1, 0.15) is 36.0 Å². The summed E-state index contributed by atoms with van der Waals surface area (Å²) in [5.74, 6) is -0.00412. The topological polar surface area (TPSA) is 60.9 Å². The van der Waals surface area contributed by atoms with Crippen LogP contribution in [0.15, 0.2) is 60.7 Å². The Morgan fingerprint density at radius 2 is 1.33 bits per heavy atom. The minimum atomic E-state index is -0.108. The summed E-state index contributed by atoms with van der Waals surface area (Å²) in [6, 6.07) is 18.9. The Bertz CT molecular complexity index is 953. The Morgan fingerprint density at radius 3 is 1.91 bits per heavy atom. The molecule has 0 radical (unpaired) electrons. The smallest absolute Gasteiger partial charge is 0.253 e. The summed E-state index contributed by atoms with van der Waals surface area (Å²) in [5.41, 5.74) is 1.54. The van der Waals surface area contributed by atoms with Crippen LogP contribution < -0.4 is 4.90 Å². The Balaban J connectivity index is 1.30. The van der Waals surface area contributed by atoms with Crippen molar-refractivity contribution in [2.45, 2.75) is 31.7 Å². The fourth-order valence-corrected chi connectivity index (χ4v) is 5.04. The Labute approximate surface area is 200 Å². The van der Waals surface area contributed by atoms with Gasteiger partial charge in [0, 0.05) is 49.4 Å². The molecule has 0 saturated carbocycles. The van der Waals surface area contributed by atoms with Gasteiger partial charge >= 0.3 is 0 Å². The monoisotopic (exact) mass is 467 g/mol. The molecule has 0 N–H and O–H groups in total. The summed E-state index contributed by atoms with van der Waals surface area (Å²) in [4.78, 5) is 43.9. The third-order valence-corrected chi connectivity index (χ3v) is 6.94. The number of nitrogens with zero attached hydrogens (tertiary/aromatic N) is 3. The number of carbonyl (C=O) groups excluding carboxylic acids is 3. The number of para-hydroxylation sites is 1. The molecular formula is C26H30ClN3O3. The summed E-state index contributed by atoms with van der Waals surface area (Å²) in [6.07, 6.45) is 2.85. The van der Waals surface area contributed by atoms with E-state index in [-0.39, 0.29) is 35.6 Å². The molecule has 2 aliphatic heterocycles. The van der Waals surface area contributed by atoms with E-state index in [1.54, 1.807) is 4.90 Å². The zero-order valence-electron chi connectivity index (χ0n) is 18.7. The summed E-state index contributed by atoms with van der Waals surface area (Å²) in [5, 5.41) is 0. The number of alkyl halides is 1. The molecule has 2 fully saturated rings. The first kappa shape index (κ1) is 23.3. The summed E-state index contributed by atoms with van der Waals surface area (Å²) in [7, 11) is 0. The summed E-state index contributed by atoms with van der Waals surface area (Å²) >= 11 is 5.89. The van der Waals surface area contributed by atoms with E-state index in [1.165, 1.54) is 0 Å². The second kappa shape index (κ2) is 10.8. The fourth-order valence-electron chi connectivity index (χ4n) is 4.91. The Kier molecular flexibility index (Phi) is 7.65. The molecule has 3 amide bonds. The lowest BCUT2D eigenvalue weighted by Crippen LogP contribution is -2.51. The molecule has 2 heterocycles. The highest BCUT2D eigenvalue weighted by molar-refractivity contribution is 6.29. The van der Waals surface area contributed by atoms with Gasteiger partial charge in [-0.15, -0.1) is 11.6 Å². The average Bonchev–Trinajstić information content (AvgIpc) is 2.89. The van der Waals surface area contributed by atoms with E-state index in [2.05, 4.69) is 0 Å². The molecule has 7 heteroatoms. The number of hydrogen-bond donors (Lipinski definition) is 0. The molecule has 2 saturated heterocycles. The van der Waals surface area contributed by atoms with Crippen molar-refractivity contribution in [3.05, 3.63) is 66.2 Å². The number of halogens is 1. The van der Waals surface area contributed by atoms with Crippen molar-refractivity contribution >= 4 is 35.0 Å². The molecule has 33 heavy (non-hydrogen) atoms. The first-order chi connectivity index (χ1) is 16.1. The van der Waals surface area contributed by atoms with Crippen LogP contribution in [-0.4, -0.2) is 65.6 Å². The van der Waals surface area contributed by atoms with E-state index in [9.17, 15) is 14.4 Å². The molecule has 0 aliphatic carbocycles. The number of piperidine rings is 2. The van der Waals surface area contributed by atoms with Crippen LogP contribution in [0.5, 0.6) is 0 Å². The minimum Gasteiger partial charge on any atom is -0.342 e. The molecule has 0 atom stereocenters. The normalized spacial score (nSPS) is 17.6. The molecule has 0 bridgehead atoms.